The molecule has 7 heteroatoms. The molecule has 0 atom stereocenters. The Kier molecular flexibility index (Phi) is 3.89. The van der Waals surface area contributed by atoms with Crippen LogP contribution < -0.4 is 4.74 Å². The van der Waals surface area contributed by atoms with Crippen molar-refractivity contribution in [3.05, 3.63) is 23.0 Å². The van der Waals surface area contributed by atoms with Crippen molar-refractivity contribution in [1.82, 2.24) is 4.98 Å². The van der Waals surface area contributed by atoms with Crippen LogP contribution in [-0.2, 0) is 4.74 Å². The first-order valence-electron chi connectivity index (χ1n) is 5.67. The van der Waals surface area contributed by atoms with Gasteiger partial charge >= 0.3 is 5.97 Å². The first-order chi connectivity index (χ1) is 8.91. The molecule has 0 radical (unpaired) electrons. The number of hydrogen-bond donors (Lipinski definition) is 0. The number of hydrogen-bond acceptors (Lipinski definition) is 4. The Balaban J connectivity index is 1.93. The highest BCUT2D eigenvalue weighted by Gasteiger charge is 2.45. The van der Waals surface area contributed by atoms with E-state index in [4.69, 9.17) is 16.3 Å². The second kappa shape index (κ2) is 5.28. The van der Waals surface area contributed by atoms with Crippen LogP contribution in [0.1, 0.15) is 23.3 Å². The highest BCUT2D eigenvalue weighted by Crippen LogP contribution is 2.42. The van der Waals surface area contributed by atoms with Gasteiger partial charge < -0.3 is 9.47 Å². The number of nitrogens with zero attached hydrogens (tertiary/aromatic N) is 1. The lowest BCUT2D eigenvalue weighted by Crippen LogP contribution is -2.38. The maximum absolute atomic E-state index is 12.6. The van der Waals surface area contributed by atoms with E-state index in [-0.39, 0.29) is 42.0 Å². The third kappa shape index (κ3) is 3.32. The van der Waals surface area contributed by atoms with Crippen molar-refractivity contribution in [3.8, 4) is 5.75 Å². The number of aromatic nitrogens is 1. The minimum Gasteiger partial charge on any atom is -0.490 e. The van der Waals surface area contributed by atoms with E-state index in [1.54, 1.807) is 0 Å². The van der Waals surface area contributed by atoms with Gasteiger partial charge in [0.15, 0.2) is 10.9 Å². The van der Waals surface area contributed by atoms with E-state index < -0.39 is 11.9 Å². The van der Waals surface area contributed by atoms with Crippen LogP contribution in [0.3, 0.4) is 0 Å². The predicted molar refractivity (Wildman–Crippen MR) is 63.8 cm³/mol. The van der Waals surface area contributed by atoms with Gasteiger partial charge in [0.05, 0.1) is 13.7 Å². The summed E-state index contributed by atoms with van der Waals surface area (Å²) in [7, 11) is 1.24. The Morgan fingerprint density at radius 1 is 1.53 bits per heavy atom. The topological polar surface area (TPSA) is 48.4 Å². The standard InChI is InChI=1S/C12H12ClF2NO3/c1-18-11(17)8-2-3-9(10(13)16-8)19-6-7-4-12(14,15)5-7/h2-3,7H,4-6H2,1H3. The van der Waals surface area contributed by atoms with Gasteiger partial charge in [0, 0.05) is 18.8 Å². The number of halogens is 3. The molecule has 0 amide bonds. The highest BCUT2D eigenvalue weighted by atomic mass is 35.5. The second-order valence-corrected chi connectivity index (χ2v) is 4.78. The first-order valence-corrected chi connectivity index (χ1v) is 6.04. The minimum atomic E-state index is -2.56. The van der Waals surface area contributed by atoms with Gasteiger partial charge in [0.25, 0.3) is 0 Å². The summed E-state index contributed by atoms with van der Waals surface area (Å²) in [5, 5.41) is 0.00832. The van der Waals surface area contributed by atoms with Gasteiger partial charge in [0.1, 0.15) is 5.69 Å². The summed E-state index contributed by atoms with van der Waals surface area (Å²) in [5.74, 6) is -3.08. The summed E-state index contributed by atoms with van der Waals surface area (Å²) < 4.78 is 35.1. The Hall–Kier alpha value is -1.43. The molecule has 1 aliphatic carbocycles. The van der Waals surface area contributed by atoms with Crippen molar-refractivity contribution in [1.29, 1.82) is 0 Å². The highest BCUT2D eigenvalue weighted by molar-refractivity contribution is 6.31. The average molecular weight is 292 g/mol. The molecule has 1 aromatic rings. The largest absolute Gasteiger partial charge is 0.490 e. The summed E-state index contributed by atoms with van der Waals surface area (Å²) in [6.45, 7) is 0.161. The molecule has 1 fully saturated rings. The predicted octanol–water partition coefficient (Wildman–Crippen LogP) is 2.95. The van der Waals surface area contributed by atoms with Gasteiger partial charge in [-0.15, -0.1) is 0 Å². The minimum absolute atomic E-state index is 0.00832. The van der Waals surface area contributed by atoms with Crippen molar-refractivity contribution in [2.24, 2.45) is 5.92 Å². The molecule has 0 saturated heterocycles. The lowest BCUT2D eigenvalue weighted by Gasteiger charge is -2.34. The zero-order valence-electron chi connectivity index (χ0n) is 10.2. The zero-order chi connectivity index (χ0) is 14.0. The van der Waals surface area contributed by atoms with E-state index in [1.165, 1.54) is 19.2 Å². The third-order valence-electron chi connectivity index (χ3n) is 2.86. The van der Waals surface area contributed by atoms with E-state index in [0.717, 1.165) is 0 Å². The second-order valence-electron chi connectivity index (χ2n) is 4.42. The molecule has 0 N–H and O–H groups in total. The van der Waals surface area contributed by atoms with Gasteiger partial charge in [-0.3, -0.25) is 0 Å². The lowest BCUT2D eigenvalue weighted by molar-refractivity contribution is -0.119. The molecule has 0 aromatic carbocycles. The molecule has 1 aromatic heterocycles. The van der Waals surface area contributed by atoms with Crippen LogP contribution in [0.25, 0.3) is 0 Å². The molecule has 19 heavy (non-hydrogen) atoms. The molecule has 0 bridgehead atoms. The Morgan fingerprint density at radius 2 is 2.21 bits per heavy atom. The molecule has 0 spiro atoms. The molecule has 4 nitrogen and oxygen atoms in total. The Morgan fingerprint density at radius 3 is 2.74 bits per heavy atom. The van der Waals surface area contributed by atoms with Gasteiger partial charge in [0.2, 0.25) is 5.92 Å². The van der Waals surface area contributed by atoms with Crippen molar-refractivity contribution in [2.45, 2.75) is 18.8 Å². The number of carbonyl (C=O) groups is 1. The molecule has 104 valence electrons. The average Bonchev–Trinajstić information content (AvgIpc) is 2.33. The van der Waals surface area contributed by atoms with Gasteiger partial charge in [-0.1, -0.05) is 11.6 Å². The van der Waals surface area contributed by atoms with Gasteiger partial charge in [-0.05, 0) is 12.1 Å². The van der Waals surface area contributed by atoms with E-state index in [1.807, 2.05) is 0 Å². The number of rotatable bonds is 4. The van der Waals surface area contributed by atoms with E-state index in [9.17, 15) is 13.6 Å². The number of alkyl halides is 2. The summed E-state index contributed by atoms with van der Waals surface area (Å²) in [4.78, 5) is 15.0. The van der Waals surface area contributed by atoms with Crippen molar-refractivity contribution >= 4 is 17.6 Å². The monoisotopic (exact) mass is 291 g/mol. The summed E-state index contributed by atoms with van der Waals surface area (Å²) in [6.07, 6.45) is -0.337. The third-order valence-corrected chi connectivity index (χ3v) is 3.13. The number of esters is 1. The molecule has 1 heterocycles. The van der Waals surface area contributed by atoms with E-state index in [2.05, 4.69) is 9.72 Å². The lowest BCUT2D eigenvalue weighted by atomic mass is 9.82. The number of methoxy groups -OCH3 is 1. The molecule has 0 unspecified atom stereocenters. The number of carbonyl (C=O) groups excluding carboxylic acids is 1. The fourth-order valence-corrected chi connectivity index (χ4v) is 2.07. The normalized spacial score (nSPS) is 17.7. The molecule has 1 saturated carbocycles. The van der Waals surface area contributed by atoms with Crippen LogP contribution >= 0.6 is 11.6 Å². The molecular weight excluding hydrogens is 280 g/mol. The fraction of sp³-hybridized carbons (Fsp3) is 0.500. The van der Waals surface area contributed by atoms with Crippen LogP contribution in [0.4, 0.5) is 8.78 Å². The van der Waals surface area contributed by atoms with E-state index >= 15 is 0 Å². The quantitative estimate of drug-likeness (QED) is 0.632. The maximum atomic E-state index is 12.6. The van der Waals surface area contributed by atoms with Crippen LogP contribution in [0.2, 0.25) is 5.15 Å². The molecule has 2 rings (SSSR count). The zero-order valence-corrected chi connectivity index (χ0v) is 10.9. The molecular formula is C12H12ClF2NO3. The van der Waals surface area contributed by atoms with Crippen LogP contribution in [0, 0.1) is 5.92 Å². The SMILES string of the molecule is COC(=O)c1ccc(OCC2CC(F)(F)C2)c(Cl)n1. The molecule has 1 aliphatic rings. The first kappa shape index (κ1) is 14.0. The van der Waals surface area contributed by atoms with Crippen molar-refractivity contribution in [2.75, 3.05) is 13.7 Å². The molecule has 0 aliphatic heterocycles. The van der Waals surface area contributed by atoms with Crippen molar-refractivity contribution in [3.63, 3.8) is 0 Å². The van der Waals surface area contributed by atoms with E-state index in [0.29, 0.717) is 0 Å². The maximum Gasteiger partial charge on any atom is 0.356 e. The van der Waals surface area contributed by atoms with Crippen LogP contribution in [-0.4, -0.2) is 30.6 Å². The van der Waals surface area contributed by atoms with Crippen molar-refractivity contribution < 1.29 is 23.0 Å². The van der Waals surface area contributed by atoms with Gasteiger partial charge in [-0.2, -0.15) is 0 Å². The summed E-state index contributed by atoms with van der Waals surface area (Å²) in [6, 6.07) is 2.88. The fourth-order valence-electron chi connectivity index (χ4n) is 1.86. The van der Waals surface area contributed by atoms with Crippen LogP contribution in [0.5, 0.6) is 5.75 Å². The number of pyridine rings is 1. The summed E-state index contributed by atoms with van der Waals surface area (Å²) >= 11 is 5.84. The smallest absolute Gasteiger partial charge is 0.356 e. The van der Waals surface area contributed by atoms with Gasteiger partial charge in [-0.25, -0.2) is 18.6 Å². The Labute approximate surface area is 113 Å². The summed E-state index contributed by atoms with van der Waals surface area (Å²) in [5.41, 5.74) is 0.0648. The Bertz CT molecular complexity index is 488. The number of ether oxygens (including phenoxy) is 2. The van der Waals surface area contributed by atoms with Crippen LogP contribution in [0.15, 0.2) is 12.1 Å².